The van der Waals surface area contributed by atoms with Gasteiger partial charge >= 0.3 is 0 Å². The largest absolute Gasteiger partial charge is 0.342 e. The second-order valence-corrected chi connectivity index (χ2v) is 4.85. The van der Waals surface area contributed by atoms with Crippen LogP contribution in [0, 0.1) is 0 Å². The van der Waals surface area contributed by atoms with Gasteiger partial charge in [-0.2, -0.15) is 0 Å². The lowest BCUT2D eigenvalue weighted by molar-refractivity contribution is -0.131. The van der Waals surface area contributed by atoms with Crippen LogP contribution in [0.4, 0.5) is 0 Å². The Hall–Kier alpha value is -0.870. The van der Waals surface area contributed by atoms with Gasteiger partial charge < -0.3 is 4.90 Å². The fraction of sp³-hybridized carbons (Fsp3) is 0.583. The van der Waals surface area contributed by atoms with Gasteiger partial charge in [0, 0.05) is 24.5 Å². The fourth-order valence-electron chi connectivity index (χ4n) is 1.63. The molecule has 16 heavy (non-hydrogen) atoms. The van der Waals surface area contributed by atoms with Gasteiger partial charge in [0.25, 0.3) is 0 Å². The highest BCUT2D eigenvalue weighted by Gasteiger charge is 2.12. The average molecular weight is 240 g/mol. The van der Waals surface area contributed by atoms with Crippen LogP contribution in [-0.4, -0.2) is 42.4 Å². The topological polar surface area (TPSA) is 23.6 Å². The van der Waals surface area contributed by atoms with Gasteiger partial charge in [-0.25, -0.2) is 0 Å². The van der Waals surface area contributed by atoms with Crippen molar-refractivity contribution in [2.24, 2.45) is 0 Å². The average Bonchev–Trinajstić information content (AvgIpc) is 2.71. The van der Waals surface area contributed by atoms with Crippen LogP contribution in [-0.2, 0) is 11.3 Å². The van der Waals surface area contributed by atoms with Crippen molar-refractivity contribution in [2.45, 2.75) is 20.4 Å². The summed E-state index contributed by atoms with van der Waals surface area (Å²) in [5.41, 5.74) is 0. The molecule has 0 unspecified atom stereocenters. The third-order valence-electron chi connectivity index (χ3n) is 2.53. The van der Waals surface area contributed by atoms with Crippen LogP contribution < -0.4 is 0 Å². The summed E-state index contributed by atoms with van der Waals surface area (Å²) in [5, 5.41) is 2.06. The zero-order chi connectivity index (χ0) is 12.0. The number of likely N-dealkylation sites (N-methyl/N-ethyl adjacent to an activating group) is 2. The molecule has 0 fully saturated rings. The third-order valence-corrected chi connectivity index (χ3v) is 3.39. The molecule has 0 saturated carbocycles. The van der Waals surface area contributed by atoms with Gasteiger partial charge in [0.15, 0.2) is 0 Å². The van der Waals surface area contributed by atoms with Crippen molar-refractivity contribution in [3.05, 3.63) is 22.4 Å². The number of carbonyl (C=O) groups is 1. The van der Waals surface area contributed by atoms with E-state index < -0.39 is 0 Å². The molecule has 1 heterocycles. The molecule has 0 bridgehead atoms. The van der Waals surface area contributed by atoms with E-state index in [4.69, 9.17) is 0 Å². The van der Waals surface area contributed by atoms with Gasteiger partial charge in [-0.3, -0.25) is 9.69 Å². The number of hydrogen-bond donors (Lipinski definition) is 0. The molecule has 90 valence electrons. The first-order valence-corrected chi connectivity index (χ1v) is 6.54. The summed E-state index contributed by atoms with van der Waals surface area (Å²) in [5.74, 6) is 0.212. The molecule has 1 amide bonds. The van der Waals surface area contributed by atoms with Gasteiger partial charge in [-0.1, -0.05) is 6.07 Å². The van der Waals surface area contributed by atoms with E-state index in [-0.39, 0.29) is 5.91 Å². The minimum Gasteiger partial charge on any atom is -0.342 e. The maximum Gasteiger partial charge on any atom is 0.236 e. The minimum atomic E-state index is 0.212. The molecular formula is C12H20N2OS. The van der Waals surface area contributed by atoms with E-state index in [1.807, 2.05) is 31.9 Å². The summed E-state index contributed by atoms with van der Waals surface area (Å²) in [7, 11) is 1.99. The molecule has 4 heteroatoms. The van der Waals surface area contributed by atoms with Crippen molar-refractivity contribution in [3.8, 4) is 0 Å². The highest BCUT2D eigenvalue weighted by molar-refractivity contribution is 7.09. The molecule has 0 aliphatic carbocycles. The quantitative estimate of drug-likeness (QED) is 0.760. The Kier molecular flexibility index (Phi) is 5.49. The summed E-state index contributed by atoms with van der Waals surface area (Å²) in [6, 6.07) is 4.14. The van der Waals surface area contributed by atoms with Crippen molar-refractivity contribution in [1.29, 1.82) is 0 Å². The van der Waals surface area contributed by atoms with Crippen LogP contribution in [0.3, 0.4) is 0 Å². The molecule has 0 aliphatic heterocycles. The molecule has 0 saturated heterocycles. The standard InChI is InChI=1S/C12H20N2OS/c1-4-14(5-2)12(15)10-13(3)9-11-7-6-8-16-11/h6-8H,4-5,9-10H2,1-3H3. The first kappa shape index (κ1) is 13.2. The van der Waals surface area contributed by atoms with Gasteiger partial charge in [0.1, 0.15) is 0 Å². The number of rotatable bonds is 6. The highest BCUT2D eigenvalue weighted by Crippen LogP contribution is 2.10. The first-order chi connectivity index (χ1) is 7.67. The molecule has 1 aromatic rings. The molecule has 1 rings (SSSR count). The molecule has 0 atom stereocenters. The van der Waals surface area contributed by atoms with Crippen LogP contribution in [0.15, 0.2) is 17.5 Å². The van der Waals surface area contributed by atoms with Crippen LogP contribution >= 0.6 is 11.3 Å². The van der Waals surface area contributed by atoms with Crippen molar-refractivity contribution < 1.29 is 4.79 Å². The fourth-order valence-corrected chi connectivity index (χ4v) is 2.42. The van der Waals surface area contributed by atoms with Crippen LogP contribution in [0.25, 0.3) is 0 Å². The van der Waals surface area contributed by atoms with Gasteiger partial charge in [-0.15, -0.1) is 11.3 Å². The van der Waals surface area contributed by atoms with Gasteiger partial charge in [0.05, 0.1) is 6.54 Å². The smallest absolute Gasteiger partial charge is 0.236 e. The zero-order valence-electron chi connectivity index (χ0n) is 10.3. The van der Waals surface area contributed by atoms with E-state index in [0.29, 0.717) is 6.54 Å². The van der Waals surface area contributed by atoms with Crippen LogP contribution in [0.1, 0.15) is 18.7 Å². The molecule has 1 aromatic heterocycles. The number of amides is 1. The van der Waals surface area contributed by atoms with Crippen molar-refractivity contribution >= 4 is 17.2 Å². The van der Waals surface area contributed by atoms with Crippen LogP contribution in [0.5, 0.6) is 0 Å². The Morgan fingerprint density at radius 1 is 1.38 bits per heavy atom. The Labute approximate surface area is 102 Å². The van der Waals surface area contributed by atoms with E-state index in [0.717, 1.165) is 19.6 Å². The van der Waals surface area contributed by atoms with Gasteiger partial charge in [-0.05, 0) is 32.3 Å². The Balaban J connectivity index is 2.39. The number of carbonyl (C=O) groups excluding carboxylic acids is 1. The van der Waals surface area contributed by atoms with Crippen molar-refractivity contribution in [3.63, 3.8) is 0 Å². The molecule has 0 N–H and O–H groups in total. The Morgan fingerprint density at radius 3 is 2.56 bits per heavy atom. The molecule has 0 aliphatic rings. The number of nitrogens with zero attached hydrogens (tertiary/aromatic N) is 2. The predicted octanol–water partition coefficient (Wildman–Crippen LogP) is 2.05. The monoisotopic (exact) mass is 240 g/mol. The Morgan fingerprint density at radius 2 is 2.06 bits per heavy atom. The number of hydrogen-bond acceptors (Lipinski definition) is 3. The molecule has 0 spiro atoms. The molecule has 0 aromatic carbocycles. The lowest BCUT2D eigenvalue weighted by Crippen LogP contribution is -2.38. The predicted molar refractivity (Wildman–Crippen MR) is 68.6 cm³/mol. The van der Waals surface area contributed by atoms with Crippen molar-refractivity contribution in [2.75, 3.05) is 26.7 Å². The molecule has 0 radical (unpaired) electrons. The first-order valence-electron chi connectivity index (χ1n) is 5.66. The van der Waals surface area contributed by atoms with Gasteiger partial charge in [0.2, 0.25) is 5.91 Å². The molecule has 3 nitrogen and oxygen atoms in total. The second kappa shape index (κ2) is 6.66. The zero-order valence-corrected chi connectivity index (χ0v) is 11.1. The Bertz CT molecular complexity index is 307. The van der Waals surface area contributed by atoms with E-state index >= 15 is 0 Å². The summed E-state index contributed by atoms with van der Waals surface area (Å²) in [4.78, 5) is 17.1. The maximum atomic E-state index is 11.8. The number of thiophene rings is 1. The maximum absolute atomic E-state index is 11.8. The minimum absolute atomic E-state index is 0.212. The van der Waals surface area contributed by atoms with E-state index in [1.165, 1.54) is 4.88 Å². The summed E-state index contributed by atoms with van der Waals surface area (Å²) >= 11 is 1.73. The third kappa shape index (κ3) is 3.94. The lowest BCUT2D eigenvalue weighted by atomic mass is 10.4. The van der Waals surface area contributed by atoms with E-state index in [2.05, 4.69) is 16.3 Å². The lowest BCUT2D eigenvalue weighted by Gasteiger charge is -2.22. The summed E-state index contributed by atoms with van der Waals surface area (Å²) in [6.45, 7) is 6.97. The highest BCUT2D eigenvalue weighted by atomic mass is 32.1. The summed E-state index contributed by atoms with van der Waals surface area (Å²) < 4.78 is 0. The summed E-state index contributed by atoms with van der Waals surface area (Å²) in [6.07, 6.45) is 0. The normalized spacial score (nSPS) is 10.8. The van der Waals surface area contributed by atoms with Crippen LogP contribution in [0.2, 0.25) is 0 Å². The van der Waals surface area contributed by atoms with Crippen molar-refractivity contribution in [1.82, 2.24) is 9.80 Å². The SMILES string of the molecule is CCN(CC)C(=O)CN(C)Cc1cccs1. The second-order valence-electron chi connectivity index (χ2n) is 3.82. The van der Waals surface area contributed by atoms with E-state index in [1.54, 1.807) is 11.3 Å². The van der Waals surface area contributed by atoms with E-state index in [9.17, 15) is 4.79 Å². The molecular weight excluding hydrogens is 220 g/mol.